The van der Waals surface area contributed by atoms with Gasteiger partial charge in [0.1, 0.15) is 16.1 Å². The molecule has 0 fully saturated rings. The molecule has 0 radical (unpaired) electrons. The quantitative estimate of drug-likeness (QED) is 0.404. The lowest BCUT2D eigenvalue weighted by atomic mass is 10.2. The SMILES string of the molecule is CCCc1nn(CC)c2c(=O)n(CCNc3ccc(SC(C)(C)C(=O)O)cc3)c(CC)nc12. The van der Waals surface area contributed by atoms with Gasteiger partial charge in [0.15, 0.2) is 5.52 Å². The highest BCUT2D eigenvalue weighted by molar-refractivity contribution is 8.01. The van der Waals surface area contributed by atoms with Crippen LogP contribution in [0.3, 0.4) is 0 Å². The maximum atomic E-state index is 13.4. The monoisotopic (exact) mass is 471 g/mol. The highest BCUT2D eigenvalue weighted by atomic mass is 32.2. The summed E-state index contributed by atoms with van der Waals surface area (Å²) in [4.78, 5) is 30.4. The van der Waals surface area contributed by atoms with E-state index in [9.17, 15) is 14.7 Å². The number of thioether (sulfide) groups is 1. The Morgan fingerprint density at radius 3 is 2.45 bits per heavy atom. The Labute approximate surface area is 198 Å². The second kappa shape index (κ2) is 10.4. The number of fused-ring (bicyclic) bond motifs is 1. The van der Waals surface area contributed by atoms with E-state index in [-0.39, 0.29) is 5.56 Å². The number of benzene rings is 1. The van der Waals surface area contributed by atoms with Crippen LogP contribution in [0, 0.1) is 0 Å². The predicted molar refractivity (Wildman–Crippen MR) is 133 cm³/mol. The van der Waals surface area contributed by atoms with Crippen molar-refractivity contribution in [1.82, 2.24) is 19.3 Å². The van der Waals surface area contributed by atoms with Crippen molar-refractivity contribution in [3.63, 3.8) is 0 Å². The van der Waals surface area contributed by atoms with Gasteiger partial charge in [0.25, 0.3) is 5.56 Å². The van der Waals surface area contributed by atoms with Gasteiger partial charge in [-0.15, -0.1) is 11.8 Å². The van der Waals surface area contributed by atoms with Gasteiger partial charge in [0, 0.05) is 36.6 Å². The van der Waals surface area contributed by atoms with E-state index in [0.717, 1.165) is 40.5 Å². The molecule has 0 aliphatic carbocycles. The summed E-state index contributed by atoms with van der Waals surface area (Å²) in [5, 5.41) is 17.3. The Morgan fingerprint density at radius 1 is 1.18 bits per heavy atom. The molecule has 0 amide bonds. The third-order valence-corrected chi connectivity index (χ3v) is 6.70. The minimum Gasteiger partial charge on any atom is -0.480 e. The number of hydrogen-bond donors (Lipinski definition) is 2. The summed E-state index contributed by atoms with van der Waals surface area (Å²) in [6.07, 6.45) is 2.43. The van der Waals surface area contributed by atoms with Gasteiger partial charge in [0.2, 0.25) is 0 Å². The lowest BCUT2D eigenvalue weighted by molar-refractivity contribution is -0.138. The topological polar surface area (TPSA) is 102 Å². The van der Waals surface area contributed by atoms with Crippen LogP contribution in [0.15, 0.2) is 34.0 Å². The maximum absolute atomic E-state index is 13.4. The van der Waals surface area contributed by atoms with E-state index < -0.39 is 10.7 Å². The number of aromatic nitrogens is 4. The lowest BCUT2D eigenvalue weighted by Crippen LogP contribution is -2.29. The molecule has 33 heavy (non-hydrogen) atoms. The third kappa shape index (κ3) is 5.40. The molecule has 8 nitrogen and oxygen atoms in total. The van der Waals surface area contributed by atoms with Crippen LogP contribution in [0.5, 0.6) is 0 Å². The van der Waals surface area contributed by atoms with E-state index in [0.29, 0.717) is 31.6 Å². The van der Waals surface area contributed by atoms with Crippen molar-refractivity contribution in [2.75, 3.05) is 11.9 Å². The fourth-order valence-electron chi connectivity index (χ4n) is 3.69. The van der Waals surface area contributed by atoms with Gasteiger partial charge in [-0.3, -0.25) is 18.8 Å². The molecule has 0 aliphatic heterocycles. The Kier molecular flexibility index (Phi) is 7.84. The molecule has 3 aromatic rings. The minimum absolute atomic E-state index is 0.0435. The number of hydrogen-bond acceptors (Lipinski definition) is 6. The van der Waals surface area contributed by atoms with Crippen LogP contribution >= 0.6 is 11.8 Å². The number of carboxylic acid groups (broad SMARTS) is 1. The van der Waals surface area contributed by atoms with Gasteiger partial charge >= 0.3 is 5.97 Å². The van der Waals surface area contributed by atoms with Gasteiger partial charge in [-0.25, -0.2) is 4.98 Å². The molecule has 1 aromatic carbocycles. The standard InChI is InChI=1S/C24H33N5O3S/c1-6-9-18-20-21(29(8-3)27-18)22(30)28(19(7-2)26-20)15-14-25-16-10-12-17(13-11-16)33-24(4,5)23(31)32/h10-13,25H,6-9,14-15H2,1-5H3,(H,31,32). The van der Waals surface area contributed by atoms with Crippen LogP contribution in [0.4, 0.5) is 5.69 Å². The molecule has 0 saturated heterocycles. The summed E-state index contributed by atoms with van der Waals surface area (Å²) >= 11 is 1.31. The van der Waals surface area contributed by atoms with E-state index in [4.69, 9.17) is 4.98 Å². The van der Waals surface area contributed by atoms with Crippen LogP contribution in [-0.4, -0.2) is 41.7 Å². The summed E-state index contributed by atoms with van der Waals surface area (Å²) in [6.45, 7) is 11.2. The Balaban J connectivity index is 1.77. The molecular formula is C24H33N5O3S. The molecule has 2 heterocycles. The average molecular weight is 472 g/mol. The average Bonchev–Trinajstić information content (AvgIpc) is 3.13. The van der Waals surface area contributed by atoms with Crippen molar-refractivity contribution in [3.05, 3.63) is 46.1 Å². The molecule has 0 saturated carbocycles. The molecule has 0 spiro atoms. The second-order valence-electron chi connectivity index (χ2n) is 8.42. The molecule has 2 aromatic heterocycles. The molecule has 2 N–H and O–H groups in total. The minimum atomic E-state index is -0.889. The predicted octanol–water partition coefficient (Wildman–Crippen LogP) is 4.20. The molecular weight excluding hydrogens is 438 g/mol. The molecule has 0 bridgehead atoms. The molecule has 0 aliphatic rings. The number of aryl methyl sites for hydroxylation is 3. The van der Waals surface area contributed by atoms with Gasteiger partial charge < -0.3 is 10.4 Å². The summed E-state index contributed by atoms with van der Waals surface area (Å²) in [6, 6.07) is 7.66. The first-order valence-corrected chi connectivity index (χ1v) is 12.3. The van der Waals surface area contributed by atoms with E-state index in [2.05, 4.69) is 17.3 Å². The van der Waals surface area contributed by atoms with Crippen LogP contribution in [0.25, 0.3) is 11.0 Å². The van der Waals surface area contributed by atoms with E-state index in [1.807, 2.05) is 38.1 Å². The van der Waals surface area contributed by atoms with Crippen molar-refractivity contribution in [2.45, 2.75) is 76.6 Å². The number of aliphatic carboxylic acids is 1. The van der Waals surface area contributed by atoms with Crippen molar-refractivity contribution in [2.24, 2.45) is 0 Å². The number of rotatable bonds is 11. The van der Waals surface area contributed by atoms with Gasteiger partial charge in [0.05, 0.1) is 5.69 Å². The lowest BCUT2D eigenvalue weighted by Gasteiger charge is -2.18. The largest absolute Gasteiger partial charge is 0.480 e. The molecule has 178 valence electrons. The van der Waals surface area contributed by atoms with E-state index >= 15 is 0 Å². The smallest absolute Gasteiger partial charge is 0.319 e. The first-order valence-electron chi connectivity index (χ1n) is 11.5. The molecule has 3 rings (SSSR count). The Hall–Kier alpha value is -2.81. The molecule has 9 heteroatoms. The van der Waals surface area contributed by atoms with Crippen molar-refractivity contribution >= 4 is 34.5 Å². The zero-order valence-electron chi connectivity index (χ0n) is 20.0. The number of anilines is 1. The highest BCUT2D eigenvalue weighted by Crippen LogP contribution is 2.33. The Bertz CT molecular complexity index is 1180. The summed E-state index contributed by atoms with van der Waals surface area (Å²) in [5.41, 5.74) is 3.09. The van der Waals surface area contributed by atoms with Crippen molar-refractivity contribution in [3.8, 4) is 0 Å². The fourth-order valence-corrected chi connectivity index (χ4v) is 4.64. The van der Waals surface area contributed by atoms with Crippen LogP contribution < -0.4 is 10.9 Å². The van der Waals surface area contributed by atoms with E-state index in [1.54, 1.807) is 23.1 Å². The summed E-state index contributed by atoms with van der Waals surface area (Å²) in [5.74, 6) is -0.0753. The van der Waals surface area contributed by atoms with Gasteiger partial charge in [-0.05, 0) is 51.5 Å². The van der Waals surface area contributed by atoms with Crippen LogP contribution in [0.2, 0.25) is 0 Å². The normalized spacial score (nSPS) is 11.8. The zero-order valence-corrected chi connectivity index (χ0v) is 20.8. The summed E-state index contributed by atoms with van der Waals surface area (Å²) < 4.78 is 2.63. The Morgan fingerprint density at radius 2 is 1.88 bits per heavy atom. The van der Waals surface area contributed by atoms with Crippen LogP contribution in [0.1, 0.15) is 52.6 Å². The molecule has 0 unspecified atom stereocenters. The van der Waals surface area contributed by atoms with Gasteiger partial charge in [-0.2, -0.15) is 5.10 Å². The second-order valence-corrected chi connectivity index (χ2v) is 10.1. The first-order chi connectivity index (χ1) is 15.7. The molecule has 0 atom stereocenters. The number of carboxylic acids is 1. The first kappa shape index (κ1) is 24.8. The zero-order chi connectivity index (χ0) is 24.2. The highest BCUT2D eigenvalue weighted by Gasteiger charge is 2.28. The fraction of sp³-hybridized carbons (Fsp3) is 0.500. The third-order valence-electron chi connectivity index (χ3n) is 5.51. The van der Waals surface area contributed by atoms with Gasteiger partial charge in [-0.1, -0.05) is 20.3 Å². The van der Waals surface area contributed by atoms with Crippen LogP contribution in [-0.2, 0) is 30.7 Å². The maximum Gasteiger partial charge on any atom is 0.319 e. The number of carbonyl (C=O) groups is 1. The number of nitrogens with zero attached hydrogens (tertiary/aromatic N) is 4. The number of nitrogens with one attached hydrogen (secondary N) is 1. The van der Waals surface area contributed by atoms with Crippen molar-refractivity contribution in [1.29, 1.82) is 0 Å². The summed E-state index contributed by atoms with van der Waals surface area (Å²) in [7, 11) is 0. The van der Waals surface area contributed by atoms with E-state index in [1.165, 1.54) is 11.8 Å². The van der Waals surface area contributed by atoms with Crippen molar-refractivity contribution < 1.29 is 9.90 Å².